The molecule has 0 aromatic carbocycles. The fourth-order valence-electron chi connectivity index (χ4n) is 3.07. The van der Waals surface area contributed by atoms with E-state index in [2.05, 4.69) is 13.8 Å². The van der Waals surface area contributed by atoms with Crippen LogP contribution in [-0.4, -0.2) is 29.6 Å². The van der Waals surface area contributed by atoms with E-state index >= 15 is 0 Å². The van der Waals surface area contributed by atoms with E-state index in [1.807, 2.05) is 6.92 Å². The van der Waals surface area contributed by atoms with Crippen LogP contribution >= 0.6 is 0 Å². The average Bonchev–Trinajstić information content (AvgIpc) is 2.32. The van der Waals surface area contributed by atoms with E-state index in [0.29, 0.717) is 18.4 Å². The minimum Gasteiger partial charge on any atom is -0.462 e. The molecule has 0 bridgehead atoms. The first-order valence-electron chi connectivity index (χ1n) is 7.34. The predicted octanol–water partition coefficient (Wildman–Crippen LogP) is 2.95. The summed E-state index contributed by atoms with van der Waals surface area (Å²) in [4.78, 5) is 23.3. The van der Waals surface area contributed by atoms with Crippen LogP contribution in [0.2, 0.25) is 0 Å². The Labute approximate surface area is 126 Å². The van der Waals surface area contributed by atoms with Crippen molar-refractivity contribution in [1.29, 1.82) is 0 Å². The highest BCUT2D eigenvalue weighted by molar-refractivity contribution is 5.96. The van der Waals surface area contributed by atoms with Crippen LogP contribution in [0.4, 0.5) is 0 Å². The van der Waals surface area contributed by atoms with Crippen molar-refractivity contribution in [3.05, 3.63) is 22.8 Å². The maximum Gasteiger partial charge on any atom is 0.302 e. The summed E-state index contributed by atoms with van der Waals surface area (Å²) >= 11 is 0. The summed E-state index contributed by atoms with van der Waals surface area (Å²) in [6, 6.07) is 0. The van der Waals surface area contributed by atoms with Gasteiger partial charge in [-0.05, 0) is 31.3 Å². The van der Waals surface area contributed by atoms with E-state index in [0.717, 1.165) is 17.6 Å². The van der Waals surface area contributed by atoms with E-state index in [1.54, 1.807) is 6.92 Å². The van der Waals surface area contributed by atoms with Crippen molar-refractivity contribution in [2.24, 2.45) is 5.41 Å². The van der Waals surface area contributed by atoms with Crippen molar-refractivity contribution < 1.29 is 19.4 Å². The lowest BCUT2D eigenvalue weighted by Gasteiger charge is -2.38. The van der Waals surface area contributed by atoms with Gasteiger partial charge in [-0.3, -0.25) is 9.59 Å². The zero-order valence-corrected chi connectivity index (χ0v) is 13.7. The van der Waals surface area contributed by atoms with Crippen LogP contribution in [0.5, 0.6) is 0 Å². The lowest BCUT2D eigenvalue weighted by molar-refractivity contribution is -0.147. The van der Waals surface area contributed by atoms with Crippen LogP contribution in [0, 0.1) is 5.41 Å². The van der Waals surface area contributed by atoms with Crippen molar-refractivity contribution in [3.63, 3.8) is 0 Å². The Balaban J connectivity index is 2.92. The number of ketones is 1. The van der Waals surface area contributed by atoms with E-state index in [1.165, 1.54) is 13.0 Å². The van der Waals surface area contributed by atoms with E-state index in [-0.39, 0.29) is 29.9 Å². The Bertz CT molecular complexity index is 483. The molecule has 1 N–H and O–H groups in total. The van der Waals surface area contributed by atoms with Gasteiger partial charge in [-0.15, -0.1) is 0 Å². The van der Waals surface area contributed by atoms with Crippen LogP contribution in [0.25, 0.3) is 0 Å². The number of hydrogen-bond acceptors (Lipinski definition) is 4. The first-order valence-corrected chi connectivity index (χ1v) is 7.34. The van der Waals surface area contributed by atoms with Gasteiger partial charge in [0.25, 0.3) is 0 Å². The summed E-state index contributed by atoms with van der Waals surface area (Å²) in [7, 11) is 0. The van der Waals surface area contributed by atoms with Crippen LogP contribution in [0.3, 0.4) is 0 Å². The minimum atomic E-state index is -0.259. The van der Waals surface area contributed by atoms with Gasteiger partial charge in [-0.1, -0.05) is 31.1 Å². The number of esters is 1. The average molecular weight is 294 g/mol. The highest BCUT2D eigenvalue weighted by Gasteiger charge is 2.35. The largest absolute Gasteiger partial charge is 0.462 e. The molecule has 0 saturated heterocycles. The zero-order chi connectivity index (χ0) is 16.2. The second-order valence-electron chi connectivity index (χ2n) is 6.45. The molecule has 4 nitrogen and oxygen atoms in total. The van der Waals surface area contributed by atoms with Crippen molar-refractivity contribution in [2.45, 2.75) is 60.0 Å². The van der Waals surface area contributed by atoms with Crippen molar-refractivity contribution in [3.8, 4) is 0 Å². The Morgan fingerprint density at radius 1 is 1.38 bits per heavy atom. The molecule has 1 rings (SSSR count). The summed E-state index contributed by atoms with van der Waals surface area (Å²) in [5.74, 6) is -0.220. The number of aliphatic hydroxyl groups is 1. The number of ether oxygens (including phenoxy) is 1. The Kier molecular flexibility index (Phi) is 5.90. The topological polar surface area (TPSA) is 63.6 Å². The standard InChI is InChI=1S/C17H26O4/c1-11(6-7-18)16(20)9-15-12(2)8-14(21-13(3)19)10-17(15,4)5/h6,14,18H,7-10H2,1-5H3/b11-6+/t14-/m1/s1. The normalized spacial score (nSPS) is 22.2. The fourth-order valence-corrected chi connectivity index (χ4v) is 3.07. The molecule has 4 heteroatoms. The van der Waals surface area contributed by atoms with Gasteiger partial charge in [-0.25, -0.2) is 0 Å². The van der Waals surface area contributed by atoms with Gasteiger partial charge in [0.2, 0.25) is 0 Å². The fraction of sp³-hybridized carbons (Fsp3) is 0.647. The van der Waals surface area contributed by atoms with Gasteiger partial charge in [0.15, 0.2) is 5.78 Å². The zero-order valence-electron chi connectivity index (χ0n) is 13.7. The molecule has 0 aliphatic heterocycles. The van der Waals surface area contributed by atoms with Crippen molar-refractivity contribution in [2.75, 3.05) is 6.61 Å². The van der Waals surface area contributed by atoms with Crippen LogP contribution < -0.4 is 0 Å². The molecular weight excluding hydrogens is 268 g/mol. The lowest BCUT2D eigenvalue weighted by atomic mass is 9.69. The van der Waals surface area contributed by atoms with E-state index in [9.17, 15) is 9.59 Å². The highest BCUT2D eigenvalue weighted by Crippen LogP contribution is 2.43. The molecule has 0 saturated carbocycles. The van der Waals surface area contributed by atoms with Crippen molar-refractivity contribution in [1.82, 2.24) is 0 Å². The molecule has 0 radical (unpaired) electrons. The minimum absolute atomic E-state index is 0.0393. The smallest absolute Gasteiger partial charge is 0.302 e. The van der Waals surface area contributed by atoms with E-state index < -0.39 is 0 Å². The number of aliphatic hydroxyl groups excluding tert-OH is 1. The van der Waals surface area contributed by atoms with Crippen LogP contribution in [0.15, 0.2) is 22.8 Å². The monoisotopic (exact) mass is 294 g/mol. The number of carbonyl (C=O) groups excluding carboxylic acids is 2. The molecule has 0 spiro atoms. The second-order valence-corrected chi connectivity index (χ2v) is 6.45. The van der Waals surface area contributed by atoms with Gasteiger partial charge < -0.3 is 9.84 Å². The first kappa shape index (κ1) is 17.6. The molecule has 1 atom stereocenters. The molecule has 1 aliphatic rings. The highest BCUT2D eigenvalue weighted by atomic mass is 16.5. The Hall–Kier alpha value is -1.42. The molecule has 1 aliphatic carbocycles. The third-order valence-electron chi connectivity index (χ3n) is 4.11. The maximum atomic E-state index is 12.2. The summed E-state index contributed by atoms with van der Waals surface area (Å²) < 4.78 is 5.33. The number of Topliss-reactive ketones (excluding diaryl/α,β-unsaturated/α-hetero) is 1. The predicted molar refractivity (Wildman–Crippen MR) is 81.7 cm³/mol. The summed E-state index contributed by atoms with van der Waals surface area (Å²) in [6.07, 6.45) is 3.22. The van der Waals surface area contributed by atoms with Crippen molar-refractivity contribution >= 4 is 11.8 Å². The summed E-state index contributed by atoms with van der Waals surface area (Å²) in [5, 5.41) is 8.88. The molecule has 21 heavy (non-hydrogen) atoms. The molecule has 118 valence electrons. The Morgan fingerprint density at radius 3 is 2.48 bits per heavy atom. The molecular formula is C17H26O4. The molecule has 0 heterocycles. The number of hydrogen-bond donors (Lipinski definition) is 1. The van der Waals surface area contributed by atoms with Gasteiger partial charge in [0, 0.05) is 19.8 Å². The van der Waals surface area contributed by atoms with Gasteiger partial charge >= 0.3 is 5.97 Å². The number of allylic oxidation sites excluding steroid dienone is 2. The SMILES string of the molecule is CC(=O)O[C@@H]1CC(C)=C(CC(=O)/C(C)=C/CO)C(C)(C)C1. The maximum absolute atomic E-state index is 12.2. The second kappa shape index (κ2) is 7.03. The van der Waals surface area contributed by atoms with E-state index in [4.69, 9.17) is 9.84 Å². The lowest BCUT2D eigenvalue weighted by Crippen LogP contribution is -2.32. The van der Waals surface area contributed by atoms with Gasteiger partial charge in [-0.2, -0.15) is 0 Å². The molecule has 0 amide bonds. The molecule has 0 aromatic rings. The number of rotatable bonds is 5. The number of carbonyl (C=O) groups is 2. The summed E-state index contributed by atoms with van der Waals surface area (Å²) in [5.41, 5.74) is 2.68. The molecule has 0 unspecified atom stereocenters. The summed E-state index contributed by atoms with van der Waals surface area (Å²) in [6.45, 7) is 9.21. The quantitative estimate of drug-likeness (QED) is 0.481. The molecule has 0 fully saturated rings. The van der Waals surface area contributed by atoms with Crippen LogP contribution in [0.1, 0.15) is 53.9 Å². The van der Waals surface area contributed by atoms with Crippen LogP contribution in [-0.2, 0) is 14.3 Å². The molecule has 0 aromatic heterocycles. The van der Waals surface area contributed by atoms with Gasteiger partial charge in [0.1, 0.15) is 6.10 Å². The first-order chi connectivity index (χ1) is 9.67. The Morgan fingerprint density at radius 2 is 2.00 bits per heavy atom. The third-order valence-corrected chi connectivity index (χ3v) is 4.11. The third kappa shape index (κ3) is 4.81. The van der Waals surface area contributed by atoms with Gasteiger partial charge in [0.05, 0.1) is 6.61 Å².